The molecule has 1 aliphatic rings. The van der Waals surface area contributed by atoms with Gasteiger partial charge in [-0.3, -0.25) is 9.36 Å². The Labute approximate surface area is 171 Å². The zero-order valence-corrected chi connectivity index (χ0v) is 16.5. The molecule has 0 N–H and O–H groups in total. The van der Waals surface area contributed by atoms with Crippen LogP contribution in [-0.2, 0) is 6.54 Å². The van der Waals surface area contributed by atoms with Gasteiger partial charge in [-0.1, -0.05) is 30.3 Å². The lowest BCUT2D eigenvalue weighted by Crippen LogP contribution is -2.40. The van der Waals surface area contributed by atoms with Gasteiger partial charge in [0.25, 0.3) is 5.56 Å². The molecule has 1 aliphatic carbocycles. The third-order valence-corrected chi connectivity index (χ3v) is 5.78. The van der Waals surface area contributed by atoms with E-state index >= 15 is 0 Å². The van der Waals surface area contributed by atoms with Crippen LogP contribution in [0, 0.1) is 11.7 Å². The Bertz CT molecular complexity index is 1330. The Balaban J connectivity index is 1.79. The number of aromatic nitrogens is 4. The van der Waals surface area contributed by atoms with Crippen LogP contribution in [-0.4, -0.2) is 18.7 Å². The molecular weight excluding hydrogens is 383 g/mol. The topological polar surface area (TPSA) is 61.8 Å². The molecule has 30 heavy (non-hydrogen) atoms. The summed E-state index contributed by atoms with van der Waals surface area (Å²) in [5, 5.41) is 0. The molecule has 0 bridgehead atoms. The summed E-state index contributed by atoms with van der Waals surface area (Å²) < 4.78 is 18.0. The molecule has 0 spiro atoms. The molecule has 6 nitrogen and oxygen atoms in total. The lowest BCUT2D eigenvalue weighted by molar-refractivity contribution is 0.564. The molecule has 5 rings (SSSR count). The van der Waals surface area contributed by atoms with Gasteiger partial charge in [0.1, 0.15) is 5.82 Å². The third-order valence-electron chi connectivity index (χ3n) is 5.78. The Hall–Kier alpha value is -3.48. The standard InChI is InChI=1S/C23H21FN4O2/c1-15(17-5-3-2-4-6-17)27-14-25-21-20(27)22(29)26(13-16-7-8-16)23(30)28(21)19-11-9-18(24)10-12-19/h2-6,9-12,14-16H,7-8,13H2,1H3/t15-/m0/s1. The number of hydrogen-bond acceptors (Lipinski definition) is 3. The molecule has 2 aromatic carbocycles. The monoisotopic (exact) mass is 404 g/mol. The molecule has 0 radical (unpaired) electrons. The van der Waals surface area contributed by atoms with Crippen LogP contribution in [0.3, 0.4) is 0 Å². The van der Waals surface area contributed by atoms with Gasteiger partial charge in [0.2, 0.25) is 0 Å². The fourth-order valence-electron chi connectivity index (χ4n) is 3.88. The van der Waals surface area contributed by atoms with Crippen LogP contribution in [0.25, 0.3) is 16.9 Å². The van der Waals surface area contributed by atoms with Gasteiger partial charge in [0.15, 0.2) is 11.2 Å². The summed E-state index contributed by atoms with van der Waals surface area (Å²) >= 11 is 0. The zero-order chi connectivity index (χ0) is 20.8. The van der Waals surface area contributed by atoms with Crippen LogP contribution < -0.4 is 11.2 Å². The Morgan fingerprint density at radius 2 is 1.77 bits per heavy atom. The normalized spacial score (nSPS) is 14.9. The first-order valence-corrected chi connectivity index (χ1v) is 10.1. The molecule has 1 saturated carbocycles. The van der Waals surface area contributed by atoms with Gasteiger partial charge in [-0.15, -0.1) is 0 Å². The first-order valence-electron chi connectivity index (χ1n) is 10.1. The number of nitrogens with zero attached hydrogens (tertiary/aromatic N) is 4. The Morgan fingerprint density at radius 1 is 1.07 bits per heavy atom. The second-order valence-electron chi connectivity index (χ2n) is 7.86. The molecule has 2 heterocycles. The SMILES string of the molecule is C[C@@H](c1ccccc1)n1cnc2c1c(=O)n(CC1CC1)c(=O)n2-c1ccc(F)cc1. The van der Waals surface area contributed by atoms with E-state index in [1.54, 1.807) is 6.33 Å². The minimum atomic E-state index is -0.441. The smallest absolute Gasteiger partial charge is 0.317 e. The van der Waals surface area contributed by atoms with Crippen LogP contribution in [0.2, 0.25) is 0 Å². The van der Waals surface area contributed by atoms with Crippen molar-refractivity contribution in [2.24, 2.45) is 5.92 Å². The van der Waals surface area contributed by atoms with Crippen molar-refractivity contribution in [1.82, 2.24) is 18.7 Å². The van der Waals surface area contributed by atoms with Crippen LogP contribution in [0.15, 0.2) is 70.5 Å². The van der Waals surface area contributed by atoms with Crippen molar-refractivity contribution in [1.29, 1.82) is 0 Å². The molecular formula is C23H21FN4O2. The molecule has 0 aliphatic heterocycles. The number of benzene rings is 2. The lowest BCUT2D eigenvalue weighted by Gasteiger charge is -2.16. The Morgan fingerprint density at radius 3 is 2.43 bits per heavy atom. The minimum absolute atomic E-state index is 0.141. The first kappa shape index (κ1) is 18.5. The number of halogens is 1. The van der Waals surface area contributed by atoms with E-state index in [0.717, 1.165) is 18.4 Å². The van der Waals surface area contributed by atoms with Crippen LogP contribution in [0.4, 0.5) is 4.39 Å². The summed E-state index contributed by atoms with van der Waals surface area (Å²) in [7, 11) is 0. The fraction of sp³-hybridized carbons (Fsp3) is 0.261. The van der Waals surface area contributed by atoms with Crippen molar-refractivity contribution < 1.29 is 4.39 Å². The molecule has 0 saturated heterocycles. The number of imidazole rings is 1. The van der Waals surface area contributed by atoms with Crippen molar-refractivity contribution in [3.05, 3.63) is 93.1 Å². The highest BCUT2D eigenvalue weighted by molar-refractivity contribution is 5.72. The molecule has 4 aromatic rings. The van der Waals surface area contributed by atoms with Crippen LogP contribution in [0.1, 0.15) is 31.4 Å². The molecule has 2 aromatic heterocycles. The highest BCUT2D eigenvalue weighted by Crippen LogP contribution is 2.30. The Kier molecular flexibility index (Phi) is 4.38. The maximum absolute atomic E-state index is 13.5. The minimum Gasteiger partial charge on any atom is -0.317 e. The van der Waals surface area contributed by atoms with Gasteiger partial charge >= 0.3 is 5.69 Å². The molecule has 7 heteroatoms. The second-order valence-corrected chi connectivity index (χ2v) is 7.86. The second kappa shape index (κ2) is 7.09. The average Bonchev–Trinajstić information content (AvgIpc) is 3.48. The van der Waals surface area contributed by atoms with Crippen molar-refractivity contribution in [2.75, 3.05) is 0 Å². The van der Waals surface area contributed by atoms with E-state index in [-0.39, 0.29) is 17.2 Å². The maximum atomic E-state index is 13.5. The van der Waals surface area contributed by atoms with Crippen LogP contribution in [0.5, 0.6) is 0 Å². The predicted octanol–water partition coefficient (Wildman–Crippen LogP) is 3.51. The van der Waals surface area contributed by atoms with Gasteiger partial charge in [-0.2, -0.15) is 0 Å². The van der Waals surface area contributed by atoms with Gasteiger partial charge < -0.3 is 4.57 Å². The molecule has 0 amide bonds. The summed E-state index contributed by atoms with van der Waals surface area (Å²) in [6, 6.07) is 15.3. The van der Waals surface area contributed by atoms with E-state index in [1.165, 1.54) is 33.4 Å². The summed E-state index contributed by atoms with van der Waals surface area (Å²) in [4.78, 5) is 31.1. The quantitative estimate of drug-likeness (QED) is 0.511. The number of hydrogen-bond donors (Lipinski definition) is 0. The number of rotatable bonds is 5. The van der Waals surface area contributed by atoms with E-state index < -0.39 is 11.5 Å². The van der Waals surface area contributed by atoms with Crippen molar-refractivity contribution in [2.45, 2.75) is 32.4 Å². The lowest BCUT2D eigenvalue weighted by atomic mass is 10.1. The summed E-state index contributed by atoms with van der Waals surface area (Å²) in [6.45, 7) is 2.38. The average molecular weight is 404 g/mol. The van der Waals surface area contributed by atoms with Gasteiger partial charge in [0, 0.05) is 6.54 Å². The zero-order valence-electron chi connectivity index (χ0n) is 16.5. The van der Waals surface area contributed by atoms with Gasteiger partial charge in [-0.25, -0.2) is 18.7 Å². The molecule has 152 valence electrons. The molecule has 1 atom stereocenters. The van der Waals surface area contributed by atoms with E-state index in [1.807, 2.05) is 41.8 Å². The van der Waals surface area contributed by atoms with Crippen molar-refractivity contribution in [3.8, 4) is 5.69 Å². The maximum Gasteiger partial charge on any atom is 0.337 e. The molecule has 1 fully saturated rings. The largest absolute Gasteiger partial charge is 0.337 e. The summed E-state index contributed by atoms with van der Waals surface area (Å²) in [6.07, 6.45) is 3.63. The summed E-state index contributed by atoms with van der Waals surface area (Å²) in [5.41, 5.74) is 1.39. The first-order chi connectivity index (χ1) is 14.5. The van der Waals surface area contributed by atoms with E-state index in [9.17, 15) is 14.0 Å². The van der Waals surface area contributed by atoms with Crippen LogP contribution >= 0.6 is 0 Å². The highest BCUT2D eigenvalue weighted by atomic mass is 19.1. The van der Waals surface area contributed by atoms with E-state index in [2.05, 4.69) is 4.98 Å². The molecule has 0 unspecified atom stereocenters. The fourth-order valence-corrected chi connectivity index (χ4v) is 3.88. The van der Waals surface area contributed by atoms with Crippen molar-refractivity contribution >= 4 is 11.2 Å². The predicted molar refractivity (Wildman–Crippen MR) is 113 cm³/mol. The van der Waals surface area contributed by atoms with Gasteiger partial charge in [0.05, 0.1) is 18.1 Å². The summed E-state index contributed by atoms with van der Waals surface area (Å²) in [5.74, 6) is -0.0463. The van der Waals surface area contributed by atoms with E-state index in [0.29, 0.717) is 23.7 Å². The highest BCUT2D eigenvalue weighted by Gasteiger charge is 2.27. The number of fused-ring (bicyclic) bond motifs is 1. The third kappa shape index (κ3) is 3.07. The van der Waals surface area contributed by atoms with Gasteiger partial charge in [-0.05, 0) is 55.5 Å². The van der Waals surface area contributed by atoms with Crippen molar-refractivity contribution in [3.63, 3.8) is 0 Å². The van der Waals surface area contributed by atoms with E-state index in [4.69, 9.17) is 0 Å².